The van der Waals surface area contributed by atoms with Crippen LogP contribution in [0.4, 0.5) is 15.0 Å². The minimum atomic E-state index is -0.619. The molecule has 1 unspecified atom stereocenters. The Balaban J connectivity index is 1.76. The van der Waals surface area contributed by atoms with Crippen molar-refractivity contribution in [2.24, 2.45) is 0 Å². The molecule has 1 aromatic carbocycles. The van der Waals surface area contributed by atoms with Crippen LogP contribution < -0.4 is 10.5 Å². The first-order valence-corrected chi connectivity index (χ1v) is 12.1. The number of hydrogen-bond acceptors (Lipinski definition) is 7. The highest BCUT2D eigenvalue weighted by atomic mass is 35.5. The molecular formula is C25H30ClFN6O3. The second-order valence-corrected chi connectivity index (χ2v) is 10.1. The third-order valence-electron chi connectivity index (χ3n) is 6.02. The van der Waals surface area contributed by atoms with Gasteiger partial charge in [0, 0.05) is 30.1 Å². The first kappa shape index (κ1) is 25.7. The number of benzene rings is 1. The zero-order chi connectivity index (χ0) is 26.4. The second kappa shape index (κ2) is 9.57. The number of hydrogen-bond donors (Lipinski definition) is 1. The van der Waals surface area contributed by atoms with Crippen LogP contribution in [0.15, 0.2) is 19.0 Å². The molecule has 1 aliphatic rings. The average molecular weight is 517 g/mol. The van der Waals surface area contributed by atoms with Crippen LogP contribution in [0.5, 0.6) is 5.75 Å². The summed E-state index contributed by atoms with van der Waals surface area (Å²) in [6.07, 6.45) is 2.50. The first-order chi connectivity index (χ1) is 17.0. The van der Waals surface area contributed by atoms with Crippen LogP contribution in [-0.2, 0) is 4.74 Å². The molecule has 4 rings (SSSR count). The Hall–Kier alpha value is -3.40. The van der Waals surface area contributed by atoms with E-state index in [0.29, 0.717) is 40.2 Å². The normalized spacial score (nSPS) is 15.0. The third kappa shape index (κ3) is 4.57. The third-order valence-corrected chi connectivity index (χ3v) is 6.30. The number of carbonyl (C=O) groups excluding carboxylic acids is 1. The maximum Gasteiger partial charge on any atom is 0.410 e. The van der Waals surface area contributed by atoms with Crippen molar-refractivity contribution in [2.45, 2.75) is 52.2 Å². The summed E-state index contributed by atoms with van der Waals surface area (Å²) in [6.45, 7) is 13.8. The van der Waals surface area contributed by atoms with Gasteiger partial charge in [0.15, 0.2) is 5.65 Å². The van der Waals surface area contributed by atoms with E-state index in [1.807, 2.05) is 13.8 Å². The highest BCUT2D eigenvalue weighted by Gasteiger charge is 2.39. The Morgan fingerprint density at radius 1 is 1.39 bits per heavy atom. The Morgan fingerprint density at radius 2 is 2.08 bits per heavy atom. The van der Waals surface area contributed by atoms with E-state index in [-0.39, 0.29) is 29.8 Å². The fraction of sp³-hybridized carbons (Fsp3) is 0.440. The zero-order valence-electron chi connectivity index (χ0n) is 21.0. The van der Waals surface area contributed by atoms with E-state index in [9.17, 15) is 4.79 Å². The van der Waals surface area contributed by atoms with Crippen LogP contribution in [0, 0.1) is 5.82 Å². The molecule has 3 aromatic rings. The van der Waals surface area contributed by atoms with Gasteiger partial charge in [-0.1, -0.05) is 18.2 Å². The lowest BCUT2D eigenvalue weighted by molar-refractivity contribution is 0.00764. The fourth-order valence-corrected chi connectivity index (χ4v) is 4.55. The van der Waals surface area contributed by atoms with Crippen molar-refractivity contribution in [3.8, 4) is 5.75 Å². The number of fused-ring (bicyclic) bond motifs is 1. The maximum atomic E-state index is 15.4. The number of aromatic nitrogens is 4. The van der Waals surface area contributed by atoms with Gasteiger partial charge in [0.05, 0.1) is 28.8 Å². The van der Waals surface area contributed by atoms with Crippen molar-refractivity contribution in [3.63, 3.8) is 0 Å². The van der Waals surface area contributed by atoms with Crippen molar-refractivity contribution in [1.82, 2.24) is 24.6 Å². The molecule has 1 aliphatic heterocycles. The molecular weight excluding hydrogens is 487 g/mol. The Morgan fingerprint density at radius 3 is 2.69 bits per heavy atom. The fourth-order valence-electron chi connectivity index (χ4n) is 4.33. The molecule has 9 nitrogen and oxygen atoms in total. The molecule has 1 atom stereocenters. The molecule has 36 heavy (non-hydrogen) atoms. The monoisotopic (exact) mass is 516 g/mol. The Kier molecular flexibility index (Phi) is 6.83. The van der Waals surface area contributed by atoms with Gasteiger partial charge >= 0.3 is 6.09 Å². The molecule has 0 saturated carbocycles. The molecule has 2 N–H and O–H groups in total. The van der Waals surface area contributed by atoms with E-state index in [0.717, 1.165) is 0 Å². The molecule has 11 heteroatoms. The summed E-state index contributed by atoms with van der Waals surface area (Å²) in [5.41, 5.74) is 7.47. The topological polar surface area (TPSA) is 108 Å². The largest absolute Gasteiger partial charge is 0.493 e. The summed E-state index contributed by atoms with van der Waals surface area (Å²) in [6, 6.07) is 1.10. The lowest BCUT2D eigenvalue weighted by Gasteiger charge is -2.41. The summed E-state index contributed by atoms with van der Waals surface area (Å²) in [7, 11) is 0. The predicted molar refractivity (Wildman–Crippen MR) is 137 cm³/mol. The SMILES string of the molecule is C=Cc1nn(C(C)c2cc(Cl)c(F)c(C3CN(C(=O)OC(C)(C)C)C3)c2OCC)c2ncnc(N)c12. The van der Waals surface area contributed by atoms with Crippen molar-refractivity contribution in [2.75, 3.05) is 25.4 Å². The summed E-state index contributed by atoms with van der Waals surface area (Å²) in [5.74, 6) is -0.201. The lowest BCUT2D eigenvalue weighted by Crippen LogP contribution is -2.50. The first-order valence-electron chi connectivity index (χ1n) is 11.7. The smallest absolute Gasteiger partial charge is 0.410 e. The Bertz CT molecular complexity index is 1330. The van der Waals surface area contributed by atoms with Gasteiger partial charge in [-0.25, -0.2) is 23.8 Å². The van der Waals surface area contributed by atoms with E-state index in [1.54, 1.807) is 37.6 Å². The number of carbonyl (C=O) groups is 1. The van der Waals surface area contributed by atoms with Crippen molar-refractivity contribution in [1.29, 1.82) is 0 Å². The molecule has 0 aliphatic carbocycles. The van der Waals surface area contributed by atoms with E-state index in [1.165, 1.54) is 11.2 Å². The molecule has 3 heterocycles. The van der Waals surface area contributed by atoms with Gasteiger partial charge in [-0.15, -0.1) is 0 Å². The van der Waals surface area contributed by atoms with Crippen LogP contribution in [0.2, 0.25) is 5.02 Å². The summed E-state index contributed by atoms with van der Waals surface area (Å²) in [5, 5.41) is 5.17. The van der Waals surface area contributed by atoms with Crippen LogP contribution in [0.3, 0.4) is 0 Å². The summed E-state index contributed by atoms with van der Waals surface area (Å²) in [4.78, 5) is 22.4. The molecule has 1 amide bonds. The molecule has 0 bridgehead atoms. The van der Waals surface area contributed by atoms with Crippen molar-refractivity contribution < 1.29 is 18.7 Å². The van der Waals surface area contributed by atoms with Gasteiger partial charge in [0.25, 0.3) is 0 Å². The quantitative estimate of drug-likeness (QED) is 0.480. The minimum absolute atomic E-state index is 0.0411. The van der Waals surface area contributed by atoms with E-state index < -0.39 is 23.6 Å². The summed E-state index contributed by atoms with van der Waals surface area (Å²) >= 11 is 6.38. The number of ether oxygens (including phenoxy) is 2. The molecule has 1 fully saturated rings. The highest BCUT2D eigenvalue weighted by molar-refractivity contribution is 6.31. The molecule has 2 aromatic heterocycles. The summed E-state index contributed by atoms with van der Waals surface area (Å²) < 4.78 is 28.6. The number of nitrogens with zero attached hydrogens (tertiary/aromatic N) is 5. The number of nitrogens with two attached hydrogens (primary N) is 1. The van der Waals surface area contributed by atoms with Gasteiger partial charge in [0.1, 0.15) is 29.3 Å². The van der Waals surface area contributed by atoms with Gasteiger partial charge in [-0.05, 0) is 46.8 Å². The van der Waals surface area contributed by atoms with Crippen LogP contribution in [0.1, 0.15) is 63.4 Å². The van der Waals surface area contributed by atoms with Crippen LogP contribution in [-0.4, -0.2) is 56.0 Å². The predicted octanol–water partition coefficient (Wildman–Crippen LogP) is 5.19. The lowest BCUT2D eigenvalue weighted by atomic mass is 9.88. The number of halogens is 2. The number of likely N-dealkylation sites (tertiary alicyclic amines) is 1. The van der Waals surface area contributed by atoms with E-state index in [4.69, 9.17) is 26.8 Å². The number of rotatable bonds is 6. The van der Waals surface area contributed by atoms with Gasteiger partial charge < -0.3 is 20.1 Å². The number of nitrogen functional groups attached to an aromatic ring is 1. The molecule has 0 spiro atoms. The second-order valence-electron chi connectivity index (χ2n) is 9.69. The zero-order valence-corrected chi connectivity index (χ0v) is 21.8. The van der Waals surface area contributed by atoms with Crippen LogP contribution >= 0.6 is 11.6 Å². The van der Waals surface area contributed by atoms with Crippen LogP contribution in [0.25, 0.3) is 17.1 Å². The maximum absolute atomic E-state index is 15.4. The highest BCUT2D eigenvalue weighted by Crippen LogP contribution is 2.44. The molecule has 1 saturated heterocycles. The van der Waals surface area contributed by atoms with Crippen molar-refractivity contribution >= 4 is 40.6 Å². The number of amides is 1. The average Bonchev–Trinajstić information content (AvgIpc) is 3.15. The van der Waals surface area contributed by atoms with Gasteiger partial charge in [-0.2, -0.15) is 5.10 Å². The van der Waals surface area contributed by atoms with E-state index >= 15 is 4.39 Å². The Labute approximate surface area is 214 Å². The number of anilines is 1. The minimum Gasteiger partial charge on any atom is -0.493 e. The van der Waals surface area contributed by atoms with Gasteiger partial charge in [0.2, 0.25) is 0 Å². The standard InChI is InChI=1S/C25H30ClFN6O3/c1-7-17-19-22(28)29-12-30-23(19)33(31-17)13(3)15-9-16(26)20(27)18(21(15)35-8-2)14-10-32(11-14)24(34)36-25(4,5)6/h7,9,12-14H,1,8,10-11H2,2-6H3,(H2,28,29,30). The van der Waals surface area contributed by atoms with E-state index in [2.05, 4.69) is 21.6 Å². The van der Waals surface area contributed by atoms with Gasteiger partial charge in [-0.3, -0.25) is 0 Å². The molecule has 0 radical (unpaired) electrons. The van der Waals surface area contributed by atoms with Crippen molar-refractivity contribution in [3.05, 3.63) is 46.6 Å². The molecule has 192 valence electrons.